The normalized spacial score (nSPS) is 10.2. The van der Waals surface area contributed by atoms with Crippen LogP contribution in [0.1, 0.15) is 23.9 Å². The van der Waals surface area contributed by atoms with Crippen molar-refractivity contribution < 1.29 is 9.47 Å². The Labute approximate surface area is 124 Å². The third-order valence-electron chi connectivity index (χ3n) is 2.91. The first-order valence-electron chi connectivity index (χ1n) is 6.74. The van der Waals surface area contributed by atoms with Gasteiger partial charge >= 0.3 is 0 Å². The van der Waals surface area contributed by atoms with Crippen LogP contribution in [0.15, 0.2) is 30.3 Å². The van der Waals surface area contributed by atoms with Crippen LogP contribution in [0.2, 0.25) is 0 Å². The molecule has 0 radical (unpaired) electrons. The SMILES string of the molecule is CCOc1cccc(Oc2cc(C)nc(C)c2C(=N)N)c1. The third-order valence-corrected chi connectivity index (χ3v) is 2.91. The van der Waals surface area contributed by atoms with Crippen LogP contribution in [0.25, 0.3) is 0 Å². The fourth-order valence-corrected chi connectivity index (χ4v) is 2.12. The van der Waals surface area contributed by atoms with E-state index in [1.165, 1.54) is 0 Å². The molecule has 0 unspecified atom stereocenters. The van der Waals surface area contributed by atoms with Gasteiger partial charge in [0.2, 0.25) is 0 Å². The molecule has 0 amide bonds. The van der Waals surface area contributed by atoms with E-state index >= 15 is 0 Å². The zero-order valence-electron chi connectivity index (χ0n) is 12.4. The minimum Gasteiger partial charge on any atom is -0.494 e. The highest BCUT2D eigenvalue weighted by molar-refractivity contribution is 5.98. The summed E-state index contributed by atoms with van der Waals surface area (Å²) >= 11 is 0. The molecule has 0 saturated heterocycles. The molecule has 0 bridgehead atoms. The van der Waals surface area contributed by atoms with E-state index in [9.17, 15) is 0 Å². The highest BCUT2D eigenvalue weighted by atomic mass is 16.5. The van der Waals surface area contributed by atoms with Gasteiger partial charge in [-0.05, 0) is 32.9 Å². The summed E-state index contributed by atoms with van der Waals surface area (Å²) in [7, 11) is 0. The van der Waals surface area contributed by atoms with Crippen LogP contribution in [0.4, 0.5) is 0 Å². The first kappa shape index (κ1) is 14.8. The Hall–Kier alpha value is -2.56. The second-order valence-electron chi connectivity index (χ2n) is 4.65. The smallest absolute Gasteiger partial charge is 0.141 e. The summed E-state index contributed by atoms with van der Waals surface area (Å²) in [6.45, 7) is 6.21. The maximum Gasteiger partial charge on any atom is 0.141 e. The average Bonchev–Trinajstić information content (AvgIpc) is 2.38. The molecule has 2 rings (SSSR count). The average molecular weight is 285 g/mol. The van der Waals surface area contributed by atoms with Crippen molar-refractivity contribution >= 4 is 5.84 Å². The van der Waals surface area contributed by atoms with Gasteiger partial charge in [-0.25, -0.2) is 0 Å². The number of nitrogens with one attached hydrogen (secondary N) is 1. The van der Waals surface area contributed by atoms with E-state index in [0.29, 0.717) is 29.4 Å². The van der Waals surface area contributed by atoms with Gasteiger partial charge in [0.15, 0.2) is 0 Å². The molecule has 0 aliphatic carbocycles. The number of benzene rings is 1. The van der Waals surface area contributed by atoms with E-state index in [2.05, 4.69) is 4.98 Å². The number of nitrogens with zero attached hydrogens (tertiary/aromatic N) is 1. The molecule has 110 valence electrons. The molecule has 2 aromatic rings. The van der Waals surface area contributed by atoms with Gasteiger partial charge in [-0.2, -0.15) is 0 Å². The lowest BCUT2D eigenvalue weighted by Gasteiger charge is -2.14. The van der Waals surface area contributed by atoms with Gasteiger partial charge in [0, 0.05) is 17.8 Å². The molecule has 0 atom stereocenters. The monoisotopic (exact) mass is 285 g/mol. The Kier molecular flexibility index (Phi) is 4.42. The minimum atomic E-state index is -0.0593. The molecule has 1 aromatic carbocycles. The van der Waals surface area contributed by atoms with Gasteiger partial charge < -0.3 is 15.2 Å². The Morgan fingerprint density at radius 1 is 1.24 bits per heavy atom. The second-order valence-corrected chi connectivity index (χ2v) is 4.65. The third kappa shape index (κ3) is 3.51. The molecule has 1 heterocycles. The molecule has 5 heteroatoms. The van der Waals surface area contributed by atoms with E-state index in [1.54, 1.807) is 12.1 Å². The second kappa shape index (κ2) is 6.26. The minimum absolute atomic E-state index is 0.0593. The number of hydrogen-bond acceptors (Lipinski definition) is 4. The lowest BCUT2D eigenvalue weighted by molar-refractivity contribution is 0.338. The van der Waals surface area contributed by atoms with E-state index in [-0.39, 0.29) is 5.84 Å². The van der Waals surface area contributed by atoms with Crippen molar-refractivity contribution in [3.63, 3.8) is 0 Å². The molecule has 0 aliphatic heterocycles. The van der Waals surface area contributed by atoms with Gasteiger partial charge in [0.25, 0.3) is 0 Å². The number of amidine groups is 1. The van der Waals surface area contributed by atoms with Gasteiger partial charge in [0.05, 0.1) is 17.9 Å². The van der Waals surface area contributed by atoms with Gasteiger partial charge in [0.1, 0.15) is 23.1 Å². The number of aryl methyl sites for hydroxylation is 2. The maximum atomic E-state index is 7.69. The molecule has 0 saturated carbocycles. The Morgan fingerprint density at radius 2 is 1.95 bits per heavy atom. The van der Waals surface area contributed by atoms with Crippen LogP contribution in [0, 0.1) is 19.3 Å². The fourth-order valence-electron chi connectivity index (χ4n) is 2.12. The molecule has 0 spiro atoms. The fraction of sp³-hybridized carbons (Fsp3) is 0.250. The molecular formula is C16H19N3O2. The van der Waals surface area contributed by atoms with E-state index < -0.39 is 0 Å². The largest absolute Gasteiger partial charge is 0.494 e. The Morgan fingerprint density at radius 3 is 2.62 bits per heavy atom. The van der Waals surface area contributed by atoms with E-state index in [4.69, 9.17) is 20.6 Å². The van der Waals surface area contributed by atoms with Crippen LogP contribution in [0.5, 0.6) is 17.2 Å². The van der Waals surface area contributed by atoms with Crippen molar-refractivity contribution in [1.29, 1.82) is 5.41 Å². The Bertz CT molecular complexity index is 669. The standard InChI is InChI=1S/C16H19N3O2/c1-4-20-12-6-5-7-13(9-12)21-14-8-10(2)19-11(3)15(14)16(17)18/h5-9H,4H2,1-3H3,(H3,17,18). The lowest BCUT2D eigenvalue weighted by Crippen LogP contribution is -2.15. The molecular weight excluding hydrogens is 266 g/mol. The topological polar surface area (TPSA) is 81.2 Å². The Balaban J connectivity index is 2.39. The molecule has 21 heavy (non-hydrogen) atoms. The van der Waals surface area contributed by atoms with Gasteiger partial charge in [-0.3, -0.25) is 10.4 Å². The zero-order chi connectivity index (χ0) is 15.4. The van der Waals surface area contributed by atoms with Crippen LogP contribution in [-0.4, -0.2) is 17.4 Å². The van der Waals surface area contributed by atoms with E-state index in [1.807, 2.05) is 39.0 Å². The van der Waals surface area contributed by atoms with E-state index in [0.717, 1.165) is 11.4 Å². The summed E-state index contributed by atoms with van der Waals surface area (Å²) < 4.78 is 11.3. The molecule has 5 nitrogen and oxygen atoms in total. The number of rotatable bonds is 5. The van der Waals surface area contributed by atoms with Crippen molar-refractivity contribution in [3.8, 4) is 17.2 Å². The molecule has 1 aromatic heterocycles. The number of hydrogen-bond donors (Lipinski definition) is 2. The molecule has 3 N–H and O–H groups in total. The predicted octanol–water partition coefficient (Wildman–Crippen LogP) is 3.17. The van der Waals surface area contributed by atoms with Crippen molar-refractivity contribution in [2.24, 2.45) is 5.73 Å². The summed E-state index contributed by atoms with van der Waals surface area (Å²) in [5, 5.41) is 7.69. The highest BCUT2D eigenvalue weighted by Crippen LogP contribution is 2.29. The maximum absolute atomic E-state index is 7.69. The predicted molar refractivity (Wildman–Crippen MR) is 82.4 cm³/mol. The first-order valence-corrected chi connectivity index (χ1v) is 6.74. The number of nitrogens with two attached hydrogens (primary N) is 1. The quantitative estimate of drug-likeness (QED) is 0.653. The highest BCUT2D eigenvalue weighted by Gasteiger charge is 2.13. The van der Waals surface area contributed by atoms with Crippen LogP contribution in [0.3, 0.4) is 0 Å². The van der Waals surface area contributed by atoms with Crippen LogP contribution < -0.4 is 15.2 Å². The zero-order valence-corrected chi connectivity index (χ0v) is 12.4. The van der Waals surface area contributed by atoms with Gasteiger partial charge in [-0.1, -0.05) is 6.07 Å². The van der Waals surface area contributed by atoms with Crippen molar-refractivity contribution in [2.45, 2.75) is 20.8 Å². The van der Waals surface area contributed by atoms with Crippen molar-refractivity contribution in [2.75, 3.05) is 6.61 Å². The summed E-state index contributed by atoms with van der Waals surface area (Å²) in [5.41, 5.74) is 7.64. The number of pyridine rings is 1. The van der Waals surface area contributed by atoms with Gasteiger partial charge in [-0.15, -0.1) is 0 Å². The van der Waals surface area contributed by atoms with Crippen LogP contribution in [-0.2, 0) is 0 Å². The summed E-state index contributed by atoms with van der Waals surface area (Å²) in [6.07, 6.45) is 0. The molecule has 0 fully saturated rings. The lowest BCUT2D eigenvalue weighted by atomic mass is 10.1. The van der Waals surface area contributed by atoms with Crippen LogP contribution >= 0.6 is 0 Å². The van der Waals surface area contributed by atoms with Crippen molar-refractivity contribution in [3.05, 3.63) is 47.3 Å². The molecule has 0 aliphatic rings. The number of ether oxygens (including phenoxy) is 2. The summed E-state index contributed by atoms with van der Waals surface area (Å²) in [5.74, 6) is 1.84. The number of nitrogen functional groups attached to an aromatic ring is 1. The summed E-state index contributed by atoms with van der Waals surface area (Å²) in [6, 6.07) is 9.13. The summed E-state index contributed by atoms with van der Waals surface area (Å²) in [4.78, 5) is 4.32. The number of aromatic nitrogens is 1. The first-order chi connectivity index (χ1) is 10.0. The van der Waals surface area contributed by atoms with Crippen molar-refractivity contribution in [1.82, 2.24) is 4.98 Å².